The largest absolute Gasteiger partial charge is 3.00 e. The fourth-order valence-corrected chi connectivity index (χ4v) is 2.98. The fourth-order valence-electron chi connectivity index (χ4n) is 2.30. The number of thiocarbonyl (C=S) groups is 3. The molecular weight excluding hydrogens is 856 g/mol. The summed E-state index contributed by atoms with van der Waals surface area (Å²) in [5.74, 6) is -12.2. The number of carboxylic acid groups (broad SMARTS) is 6. The molecule has 200 valence electrons. The van der Waals surface area contributed by atoms with E-state index in [1.54, 1.807) is 0 Å². The molecule has 0 aromatic heterocycles. The zero-order valence-corrected chi connectivity index (χ0v) is 25.0. The van der Waals surface area contributed by atoms with Crippen molar-refractivity contribution in [3.8, 4) is 0 Å². The summed E-state index contributed by atoms with van der Waals surface area (Å²) < 4.78 is 13.3. The summed E-state index contributed by atoms with van der Waals surface area (Å²) in [5.41, 5.74) is -1.42. The van der Waals surface area contributed by atoms with Crippen LogP contribution < -0.4 is 30.6 Å². The first kappa shape index (κ1) is 39.0. The molecule has 0 saturated carbocycles. The Morgan fingerprint density at radius 1 is 0.447 bits per heavy atom. The molecule has 15 nitrogen and oxygen atoms in total. The van der Waals surface area contributed by atoms with Crippen molar-refractivity contribution in [1.82, 2.24) is 0 Å². The normalized spacial score (nSPS) is 15.3. The second-order valence-corrected chi connectivity index (χ2v) is 7.47. The van der Waals surface area contributed by atoms with Gasteiger partial charge in [0.25, 0.3) is 0 Å². The smallest absolute Gasteiger partial charge is 0.545 e. The maximum Gasteiger partial charge on any atom is 3.00 e. The van der Waals surface area contributed by atoms with Gasteiger partial charge in [-0.1, -0.05) is 0 Å². The number of carbonyl (C=O) groups is 6. The van der Waals surface area contributed by atoms with Crippen LogP contribution in [0.3, 0.4) is 0 Å². The molecule has 0 N–H and O–H groups in total. The van der Waals surface area contributed by atoms with Crippen LogP contribution in [0.25, 0.3) is 0 Å². The standard InChI is InChI=1S/3C6H4O5S.2Eu/c3*7-5(8)2-1-3(12)11-4(2)6(9)10;;/h3*1H2,(H,7,8)(H,9,10);;/q;;;2*+3/p-6. The molecule has 0 spiro atoms. The zero-order valence-electron chi connectivity index (χ0n) is 17.7. The molecule has 0 aromatic rings. The van der Waals surface area contributed by atoms with Crippen LogP contribution in [-0.2, 0) is 43.0 Å². The van der Waals surface area contributed by atoms with Gasteiger partial charge in [-0.25, -0.2) is 0 Å². The van der Waals surface area contributed by atoms with Crippen molar-refractivity contribution in [2.24, 2.45) is 0 Å². The van der Waals surface area contributed by atoms with Crippen molar-refractivity contribution in [3.63, 3.8) is 0 Å². The third-order valence-corrected chi connectivity index (χ3v) is 4.41. The Bertz CT molecular complexity index is 984. The fraction of sp³-hybridized carbons (Fsp3) is 0.167. The number of carboxylic acids is 6. The molecule has 0 bridgehead atoms. The summed E-state index contributed by atoms with van der Waals surface area (Å²) in [6, 6.07) is 0. The average Bonchev–Trinajstić information content (AvgIpc) is 3.45. The Morgan fingerprint density at radius 3 is 0.737 bits per heavy atom. The molecule has 0 amide bonds. The van der Waals surface area contributed by atoms with E-state index in [4.69, 9.17) is 0 Å². The van der Waals surface area contributed by atoms with Gasteiger partial charge in [0.05, 0.1) is 17.9 Å². The molecule has 38 heavy (non-hydrogen) atoms. The quantitative estimate of drug-likeness (QED) is 0.225. The van der Waals surface area contributed by atoms with E-state index in [-0.39, 0.29) is 133 Å². The van der Waals surface area contributed by atoms with E-state index in [1.807, 2.05) is 0 Å². The van der Waals surface area contributed by atoms with Gasteiger partial charge in [0.1, 0.15) is 17.9 Å². The molecule has 3 aliphatic heterocycles. The first-order chi connectivity index (χ1) is 16.6. The van der Waals surface area contributed by atoms with Gasteiger partial charge < -0.3 is 73.6 Å². The number of ether oxygens (including phenoxy) is 3. The van der Waals surface area contributed by atoms with E-state index < -0.39 is 69.8 Å². The molecule has 0 atom stereocenters. The van der Waals surface area contributed by atoms with E-state index in [1.165, 1.54) is 0 Å². The third kappa shape index (κ3) is 11.5. The molecule has 0 aliphatic carbocycles. The first-order valence-electron chi connectivity index (χ1n) is 8.66. The molecule has 0 fully saturated rings. The van der Waals surface area contributed by atoms with Crippen LogP contribution in [0, 0.1) is 98.8 Å². The van der Waals surface area contributed by atoms with Gasteiger partial charge in [-0.3, -0.25) is 0 Å². The molecule has 3 heterocycles. The molecule has 3 rings (SSSR count). The van der Waals surface area contributed by atoms with Gasteiger partial charge in [0.2, 0.25) is 0 Å². The summed E-state index contributed by atoms with van der Waals surface area (Å²) >= 11 is 13.4. The molecule has 20 heteroatoms. The molecule has 0 unspecified atom stereocenters. The Kier molecular flexibility index (Phi) is 18.0. The van der Waals surface area contributed by atoms with E-state index in [9.17, 15) is 59.4 Å². The van der Waals surface area contributed by atoms with E-state index in [0.717, 1.165) is 0 Å². The van der Waals surface area contributed by atoms with Gasteiger partial charge in [-0.05, 0) is 36.7 Å². The van der Waals surface area contributed by atoms with E-state index in [2.05, 4.69) is 50.9 Å². The van der Waals surface area contributed by atoms with Gasteiger partial charge in [0, 0.05) is 36.0 Å². The molecule has 0 radical (unpaired) electrons. The topological polar surface area (TPSA) is 268 Å². The number of aliphatic carboxylic acids is 6. The van der Waals surface area contributed by atoms with Gasteiger partial charge in [-0.15, -0.1) is 0 Å². The predicted molar refractivity (Wildman–Crippen MR) is 106 cm³/mol. The van der Waals surface area contributed by atoms with E-state index in [0.29, 0.717) is 0 Å². The number of hydrogen-bond donors (Lipinski definition) is 0. The minimum atomic E-state index is -1.70. The number of rotatable bonds is 6. The maximum atomic E-state index is 10.3. The summed E-state index contributed by atoms with van der Waals surface area (Å²) in [6.45, 7) is 0. The van der Waals surface area contributed by atoms with Gasteiger partial charge in [-0.2, -0.15) is 0 Å². The van der Waals surface area contributed by atoms with Crippen LogP contribution in [-0.4, -0.2) is 51.0 Å². The van der Waals surface area contributed by atoms with Crippen molar-refractivity contribution in [3.05, 3.63) is 34.0 Å². The van der Waals surface area contributed by atoms with Gasteiger partial charge in [0.15, 0.2) is 32.4 Å². The second-order valence-electron chi connectivity index (χ2n) is 6.10. The first-order valence-corrected chi connectivity index (χ1v) is 9.88. The average molecular weight is 862 g/mol. The van der Waals surface area contributed by atoms with Crippen molar-refractivity contribution in [2.45, 2.75) is 19.3 Å². The van der Waals surface area contributed by atoms with Gasteiger partial charge >= 0.3 is 98.8 Å². The minimum absolute atomic E-state index is 0. The van der Waals surface area contributed by atoms with E-state index >= 15 is 0 Å². The van der Waals surface area contributed by atoms with Crippen LogP contribution in [0.2, 0.25) is 0 Å². The Balaban J connectivity index is 0. The Hall–Kier alpha value is -1.12. The van der Waals surface area contributed by atoms with Crippen molar-refractivity contribution >= 4 is 87.6 Å². The Labute approximate surface area is 308 Å². The third-order valence-electron chi connectivity index (χ3n) is 3.73. The SMILES string of the molecule is O=C([O-])C1=C(C(=O)[O-])OC(=S)C1.O=C([O-])C1=C(C(=O)[O-])OC(=S)C1.O=C([O-])C1=C(C(=O)[O-])OC(=S)C1.[Eu+3].[Eu+3]. The van der Waals surface area contributed by atoms with Crippen LogP contribution in [0.1, 0.15) is 19.3 Å². The van der Waals surface area contributed by atoms with Crippen LogP contribution in [0.15, 0.2) is 34.0 Å². The summed E-state index contributed by atoms with van der Waals surface area (Å²) in [4.78, 5) is 61.4. The number of carbonyl (C=O) groups excluding carboxylic acids is 6. The monoisotopic (exact) mass is 864 g/mol. The maximum absolute atomic E-state index is 10.3. The number of hydrogen-bond acceptors (Lipinski definition) is 18. The predicted octanol–water partition coefficient (Wildman–Crippen LogP) is -7.54. The minimum Gasteiger partial charge on any atom is -0.545 e. The molecular formula is C18H6Eu2O15S3. The van der Waals surface area contributed by atoms with Crippen molar-refractivity contribution in [1.29, 1.82) is 0 Å². The summed E-state index contributed by atoms with van der Waals surface area (Å²) in [6.07, 6.45) is -0.664. The Morgan fingerprint density at radius 2 is 0.632 bits per heavy atom. The molecule has 0 saturated heterocycles. The molecule has 3 aliphatic rings. The zero-order chi connectivity index (χ0) is 27.9. The van der Waals surface area contributed by atoms with Crippen molar-refractivity contribution in [2.75, 3.05) is 0 Å². The van der Waals surface area contributed by atoms with Crippen LogP contribution >= 0.6 is 36.7 Å². The molecule has 0 aromatic carbocycles. The second kappa shape index (κ2) is 17.5. The van der Waals surface area contributed by atoms with Crippen molar-refractivity contribution < 1.29 is 172 Å². The summed E-state index contributed by atoms with van der Waals surface area (Å²) in [7, 11) is 0. The van der Waals surface area contributed by atoms with Crippen LogP contribution in [0.4, 0.5) is 0 Å². The van der Waals surface area contributed by atoms with Crippen LogP contribution in [0.5, 0.6) is 0 Å². The summed E-state index contributed by atoms with van der Waals surface area (Å²) in [5, 5.41) is 61.1.